The maximum Gasteiger partial charge on any atom is 0.211 e. The molecule has 1 aliphatic heterocycles. The molecule has 0 N–H and O–H groups in total. The van der Waals surface area contributed by atoms with Gasteiger partial charge in [-0.05, 0) is 23.8 Å². The summed E-state index contributed by atoms with van der Waals surface area (Å²) in [5, 5.41) is 0. The Morgan fingerprint density at radius 2 is 2.18 bits per heavy atom. The molecule has 0 saturated heterocycles. The molecule has 118 valence electrons. The molecule has 2 aromatic heterocycles. The molecule has 0 amide bonds. The first-order valence-electron chi connectivity index (χ1n) is 7.12. The van der Waals surface area contributed by atoms with Crippen LogP contribution < -0.4 is 0 Å². The van der Waals surface area contributed by atoms with Gasteiger partial charge in [0.05, 0.1) is 25.5 Å². The first-order chi connectivity index (χ1) is 10.5. The monoisotopic (exact) mass is 321 g/mol. The third-order valence-corrected chi connectivity index (χ3v) is 4.96. The number of nitrogens with zero attached hydrogens (tertiary/aromatic N) is 3. The number of ether oxygens (including phenoxy) is 1. The summed E-state index contributed by atoms with van der Waals surface area (Å²) in [6.07, 6.45) is 6.48. The van der Waals surface area contributed by atoms with Gasteiger partial charge in [0.25, 0.3) is 0 Å². The molecule has 1 unspecified atom stereocenters. The Morgan fingerprint density at radius 1 is 1.32 bits per heavy atom. The summed E-state index contributed by atoms with van der Waals surface area (Å²) in [7, 11) is -3.26. The van der Waals surface area contributed by atoms with Gasteiger partial charge in [0, 0.05) is 37.4 Å². The van der Waals surface area contributed by atoms with E-state index in [1.165, 1.54) is 10.6 Å². The predicted molar refractivity (Wildman–Crippen MR) is 82.5 cm³/mol. The number of aromatic nitrogens is 2. The van der Waals surface area contributed by atoms with Crippen molar-refractivity contribution in [1.29, 1.82) is 0 Å². The lowest BCUT2D eigenvalue weighted by Gasteiger charge is -2.22. The van der Waals surface area contributed by atoms with Crippen LogP contribution in [-0.4, -0.2) is 41.2 Å². The van der Waals surface area contributed by atoms with Gasteiger partial charge in [0.2, 0.25) is 10.0 Å². The van der Waals surface area contributed by atoms with Crippen LogP contribution in [-0.2, 0) is 34.5 Å². The summed E-state index contributed by atoms with van der Waals surface area (Å²) in [5.41, 5.74) is 1.96. The summed E-state index contributed by atoms with van der Waals surface area (Å²) in [5.74, 6) is 0. The van der Waals surface area contributed by atoms with Gasteiger partial charge >= 0.3 is 0 Å². The van der Waals surface area contributed by atoms with Crippen molar-refractivity contribution in [2.24, 2.45) is 0 Å². The zero-order valence-electron chi connectivity index (χ0n) is 12.4. The van der Waals surface area contributed by atoms with E-state index >= 15 is 0 Å². The van der Waals surface area contributed by atoms with Crippen molar-refractivity contribution in [2.75, 3.05) is 12.8 Å². The molecule has 1 atom stereocenters. The van der Waals surface area contributed by atoms with Crippen molar-refractivity contribution < 1.29 is 13.2 Å². The standard InChI is InChI=1S/C15H19N3O3S/c1-22(19,20)18-9-14-5-3-7-17(14)10-15(11-18)21-12-13-4-2-6-16-8-13/h2-8,15H,9-12H2,1H3. The van der Waals surface area contributed by atoms with Crippen LogP contribution in [0.5, 0.6) is 0 Å². The average molecular weight is 321 g/mol. The number of sulfonamides is 1. The molecule has 1 aliphatic rings. The van der Waals surface area contributed by atoms with E-state index in [2.05, 4.69) is 9.55 Å². The lowest BCUT2D eigenvalue weighted by molar-refractivity contribution is 0.0223. The Bertz CT molecular complexity index is 728. The maximum atomic E-state index is 11.9. The molecule has 0 aliphatic carbocycles. The second kappa shape index (κ2) is 6.20. The van der Waals surface area contributed by atoms with Gasteiger partial charge < -0.3 is 9.30 Å². The molecule has 0 bridgehead atoms. The Morgan fingerprint density at radius 3 is 2.91 bits per heavy atom. The van der Waals surface area contributed by atoms with E-state index in [9.17, 15) is 8.42 Å². The first kappa shape index (κ1) is 15.2. The summed E-state index contributed by atoms with van der Waals surface area (Å²) in [4.78, 5) is 4.06. The Labute approximate surface area is 130 Å². The maximum absolute atomic E-state index is 11.9. The molecule has 7 heteroatoms. The molecule has 6 nitrogen and oxygen atoms in total. The molecule has 2 aromatic rings. The van der Waals surface area contributed by atoms with E-state index in [1.807, 2.05) is 30.5 Å². The van der Waals surface area contributed by atoms with Gasteiger partial charge in [-0.3, -0.25) is 4.98 Å². The predicted octanol–water partition coefficient (Wildman–Crippen LogP) is 1.24. The smallest absolute Gasteiger partial charge is 0.211 e. The Kier molecular flexibility index (Phi) is 4.28. The highest BCUT2D eigenvalue weighted by atomic mass is 32.2. The van der Waals surface area contributed by atoms with Gasteiger partial charge in [0.1, 0.15) is 0 Å². The fourth-order valence-corrected chi connectivity index (χ4v) is 3.38. The second-order valence-corrected chi connectivity index (χ2v) is 7.48. The first-order valence-corrected chi connectivity index (χ1v) is 8.97. The molecule has 0 radical (unpaired) electrons. The van der Waals surface area contributed by atoms with Crippen molar-refractivity contribution in [3.05, 3.63) is 54.1 Å². The minimum absolute atomic E-state index is 0.191. The van der Waals surface area contributed by atoms with E-state index in [0.29, 0.717) is 26.2 Å². The van der Waals surface area contributed by atoms with Crippen molar-refractivity contribution in [1.82, 2.24) is 13.9 Å². The van der Waals surface area contributed by atoms with Crippen molar-refractivity contribution >= 4 is 10.0 Å². The van der Waals surface area contributed by atoms with Crippen molar-refractivity contribution in [3.63, 3.8) is 0 Å². The van der Waals surface area contributed by atoms with E-state index in [-0.39, 0.29) is 6.10 Å². The molecule has 0 fully saturated rings. The minimum Gasteiger partial charge on any atom is -0.370 e. The number of rotatable bonds is 4. The number of fused-ring (bicyclic) bond motifs is 1. The van der Waals surface area contributed by atoms with Gasteiger partial charge in [-0.25, -0.2) is 8.42 Å². The highest BCUT2D eigenvalue weighted by molar-refractivity contribution is 7.88. The molecular weight excluding hydrogens is 302 g/mol. The van der Waals surface area contributed by atoms with Crippen LogP contribution in [0.15, 0.2) is 42.9 Å². The average Bonchev–Trinajstić information content (AvgIpc) is 2.83. The van der Waals surface area contributed by atoms with Gasteiger partial charge in [-0.2, -0.15) is 4.31 Å². The van der Waals surface area contributed by atoms with Gasteiger partial charge in [-0.1, -0.05) is 6.07 Å². The fraction of sp³-hybridized carbons (Fsp3) is 0.400. The van der Waals surface area contributed by atoms with Crippen LogP contribution in [0.2, 0.25) is 0 Å². The summed E-state index contributed by atoms with van der Waals surface area (Å²) in [6, 6.07) is 7.68. The van der Waals surface area contributed by atoms with Gasteiger partial charge in [0.15, 0.2) is 0 Å². The normalized spacial score (nSPS) is 19.6. The zero-order valence-corrected chi connectivity index (χ0v) is 13.2. The summed E-state index contributed by atoms with van der Waals surface area (Å²) >= 11 is 0. The van der Waals surface area contributed by atoms with Crippen LogP contribution in [0.25, 0.3) is 0 Å². The number of hydrogen-bond acceptors (Lipinski definition) is 4. The minimum atomic E-state index is -3.26. The van der Waals surface area contributed by atoms with Crippen LogP contribution in [0.4, 0.5) is 0 Å². The van der Waals surface area contributed by atoms with E-state index in [4.69, 9.17) is 4.74 Å². The number of pyridine rings is 1. The zero-order chi connectivity index (χ0) is 15.6. The Hall–Kier alpha value is -1.70. The molecule has 22 heavy (non-hydrogen) atoms. The molecule has 3 heterocycles. The molecule has 0 spiro atoms. The lowest BCUT2D eigenvalue weighted by atomic mass is 10.3. The van der Waals surface area contributed by atoms with E-state index in [1.54, 1.807) is 12.4 Å². The molecule has 0 aromatic carbocycles. The molecular formula is C15H19N3O3S. The largest absolute Gasteiger partial charge is 0.370 e. The van der Waals surface area contributed by atoms with Crippen LogP contribution in [0.1, 0.15) is 11.3 Å². The van der Waals surface area contributed by atoms with Gasteiger partial charge in [-0.15, -0.1) is 0 Å². The third kappa shape index (κ3) is 3.55. The molecule has 0 saturated carbocycles. The quantitative estimate of drug-likeness (QED) is 0.850. The number of hydrogen-bond donors (Lipinski definition) is 0. The van der Waals surface area contributed by atoms with Crippen LogP contribution in [0, 0.1) is 0 Å². The summed E-state index contributed by atoms with van der Waals surface area (Å²) < 4.78 is 33.3. The van der Waals surface area contributed by atoms with Crippen LogP contribution >= 0.6 is 0 Å². The SMILES string of the molecule is CS(=O)(=O)N1Cc2cccn2CC(OCc2cccnc2)C1. The van der Waals surface area contributed by atoms with E-state index < -0.39 is 10.0 Å². The highest BCUT2D eigenvalue weighted by Crippen LogP contribution is 2.18. The third-order valence-electron chi connectivity index (χ3n) is 3.75. The fourth-order valence-electron chi connectivity index (χ4n) is 2.58. The topological polar surface area (TPSA) is 64.4 Å². The van der Waals surface area contributed by atoms with Crippen LogP contribution in [0.3, 0.4) is 0 Å². The highest BCUT2D eigenvalue weighted by Gasteiger charge is 2.27. The summed E-state index contributed by atoms with van der Waals surface area (Å²) in [6.45, 7) is 1.82. The lowest BCUT2D eigenvalue weighted by Crippen LogP contribution is -2.36. The second-order valence-electron chi connectivity index (χ2n) is 5.50. The van der Waals surface area contributed by atoms with Crippen molar-refractivity contribution in [3.8, 4) is 0 Å². The van der Waals surface area contributed by atoms with E-state index in [0.717, 1.165) is 11.3 Å². The molecule has 3 rings (SSSR count). The Balaban J connectivity index is 1.76. The van der Waals surface area contributed by atoms with Crippen molar-refractivity contribution in [2.45, 2.75) is 25.8 Å².